The molecule has 5 rings (SSSR count). The van der Waals surface area contributed by atoms with Crippen molar-refractivity contribution < 1.29 is 19.4 Å². The van der Waals surface area contributed by atoms with E-state index in [1.807, 2.05) is 12.1 Å². The van der Waals surface area contributed by atoms with Crippen LogP contribution in [0.15, 0.2) is 68.0 Å². The van der Waals surface area contributed by atoms with Crippen LogP contribution in [0.3, 0.4) is 0 Å². The number of nitrogens with zero attached hydrogens (tertiary/aromatic N) is 3. The standard InChI is InChI=1S/C25H22N4O5/c1-14-22(24(31)29(28-14)17-10-9-15-5-2-3-6-16(15)13-17)27-26-19-8-4-7-18(23(19)30)20-11-12-21(34-20)25(32)33/h4,7-13,28,30H,2-3,5-6H2,1H3,(H,32,33)/p-2. The Morgan fingerprint density at radius 1 is 1.06 bits per heavy atom. The average molecular weight is 456 g/mol. The normalized spacial score (nSPS) is 13.3. The van der Waals surface area contributed by atoms with Crippen molar-refractivity contribution in [3.63, 3.8) is 0 Å². The van der Waals surface area contributed by atoms with Crippen LogP contribution in [0.5, 0.6) is 5.75 Å². The molecular formula is C25H20N4O5-2. The minimum atomic E-state index is -1.48. The molecule has 2 aromatic heterocycles. The first-order chi connectivity index (χ1) is 16.4. The molecule has 9 heteroatoms. The van der Waals surface area contributed by atoms with Gasteiger partial charge in [0.1, 0.15) is 17.5 Å². The Bertz CT molecular complexity index is 1490. The van der Waals surface area contributed by atoms with E-state index in [2.05, 4.69) is 21.4 Å². The highest BCUT2D eigenvalue weighted by atomic mass is 16.4. The van der Waals surface area contributed by atoms with E-state index in [-0.39, 0.29) is 34.0 Å². The minimum Gasteiger partial charge on any atom is -0.870 e. The number of furan rings is 1. The smallest absolute Gasteiger partial charge is 0.299 e. The van der Waals surface area contributed by atoms with Gasteiger partial charge in [0.05, 0.1) is 17.1 Å². The van der Waals surface area contributed by atoms with Crippen LogP contribution in [0.1, 0.15) is 40.2 Å². The van der Waals surface area contributed by atoms with Gasteiger partial charge in [-0.25, -0.2) is 4.68 Å². The molecule has 4 aromatic rings. The monoisotopic (exact) mass is 456 g/mol. The van der Waals surface area contributed by atoms with E-state index in [0.29, 0.717) is 5.69 Å². The van der Waals surface area contributed by atoms with E-state index < -0.39 is 11.7 Å². The summed E-state index contributed by atoms with van der Waals surface area (Å²) in [6.07, 6.45) is 4.36. The topological polar surface area (TPSA) is 139 Å². The molecule has 0 saturated heterocycles. The van der Waals surface area contributed by atoms with Gasteiger partial charge in [-0.3, -0.25) is 9.89 Å². The maximum absolute atomic E-state index is 13.0. The van der Waals surface area contributed by atoms with E-state index in [9.17, 15) is 19.8 Å². The second-order valence-corrected chi connectivity index (χ2v) is 8.19. The SMILES string of the molecule is Cc1[nH]n(-c2ccc3c(c2)CCCC3)c(=O)c1N=Nc1cccc(-c2ccc(C(=O)[O-])o2)c1[O-]. The van der Waals surface area contributed by atoms with Gasteiger partial charge < -0.3 is 19.4 Å². The number of aromatic carboxylic acids is 1. The average Bonchev–Trinajstić information content (AvgIpc) is 3.43. The number of para-hydroxylation sites is 1. The number of carboxylic acid groups (broad SMARTS) is 1. The number of aryl methyl sites for hydroxylation is 3. The van der Waals surface area contributed by atoms with E-state index in [1.165, 1.54) is 46.5 Å². The number of benzene rings is 2. The molecular weight excluding hydrogens is 436 g/mol. The molecule has 1 aliphatic rings. The van der Waals surface area contributed by atoms with E-state index in [0.717, 1.165) is 24.9 Å². The maximum Gasteiger partial charge on any atom is 0.299 e. The number of carboxylic acids is 1. The second kappa shape index (κ2) is 8.51. The number of nitrogens with one attached hydrogen (secondary N) is 1. The highest BCUT2D eigenvalue weighted by Gasteiger charge is 2.15. The molecule has 0 saturated carbocycles. The number of hydrogen-bond acceptors (Lipinski definition) is 7. The first-order valence-electron chi connectivity index (χ1n) is 10.9. The zero-order valence-electron chi connectivity index (χ0n) is 18.3. The van der Waals surface area contributed by atoms with E-state index >= 15 is 0 Å². The predicted octanol–water partition coefficient (Wildman–Crippen LogP) is 3.47. The number of fused-ring (bicyclic) bond motifs is 1. The Kier molecular flexibility index (Phi) is 5.37. The number of aromatic nitrogens is 2. The van der Waals surface area contributed by atoms with Crippen molar-refractivity contribution in [2.75, 3.05) is 0 Å². The first-order valence-corrected chi connectivity index (χ1v) is 10.9. The molecule has 0 bridgehead atoms. The molecule has 2 aromatic carbocycles. The van der Waals surface area contributed by atoms with Gasteiger partial charge in [0.15, 0.2) is 5.69 Å². The summed E-state index contributed by atoms with van der Waals surface area (Å²) >= 11 is 0. The minimum absolute atomic E-state index is 0.00997. The fraction of sp³-hybridized carbons (Fsp3) is 0.200. The molecule has 0 atom stereocenters. The number of H-pyrrole nitrogens is 1. The highest BCUT2D eigenvalue weighted by molar-refractivity contribution is 5.84. The van der Waals surface area contributed by atoms with Crippen LogP contribution < -0.4 is 15.8 Å². The zero-order chi connectivity index (χ0) is 23.8. The summed E-state index contributed by atoms with van der Waals surface area (Å²) in [5, 5.41) is 34.9. The Labute approximate surface area is 194 Å². The number of aromatic amines is 1. The van der Waals surface area contributed by atoms with Gasteiger partial charge >= 0.3 is 0 Å². The second-order valence-electron chi connectivity index (χ2n) is 8.19. The number of hydrogen-bond donors (Lipinski definition) is 1. The van der Waals surface area contributed by atoms with Crippen molar-refractivity contribution in [2.45, 2.75) is 32.6 Å². The number of rotatable bonds is 5. The third kappa shape index (κ3) is 3.81. The summed E-state index contributed by atoms with van der Waals surface area (Å²) in [7, 11) is 0. The molecule has 0 unspecified atom stereocenters. The lowest BCUT2D eigenvalue weighted by molar-refractivity contribution is -0.266. The van der Waals surface area contributed by atoms with Crippen molar-refractivity contribution in [1.29, 1.82) is 0 Å². The summed E-state index contributed by atoms with van der Waals surface area (Å²) < 4.78 is 6.60. The number of azo groups is 1. The molecule has 0 amide bonds. The Hall–Kier alpha value is -4.40. The summed E-state index contributed by atoms with van der Waals surface area (Å²) in [5.74, 6) is -2.29. The largest absolute Gasteiger partial charge is 0.870 e. The van der Waals surface area contributed by atoms with Crippen LogP contribution in [0, 0.1) is 6.92 Å². The van der Waals surface area contributed by atoms with Gasteiger partial charge in [0.25, 0.3) is 5.56 Å². The lowest BCUT2D eigenvalue weighted by Crippen LogP contribution is -2.21. The molecule has 0 aliphatic heterocycles. The molecule has 34 heavy (non-hydrogen) atoms. The van der Waals surface area contributed by atoms with Crippen LogP contribution in [-0.4, -0.2) is 15.7 Å². The highest BCUT2D eigenvalue weighted by Crippen LogP contribution is 2.36. The molecule has 1 aliphatic carbocycles. The number of carbonyl (C=O) groups is 1. The molecule has 172 valence electrons. The molecule has 1 N–H and O–H groups in total. The lowest BCUT2D eigenvalue weighted by Gasteiger charge is -2.16. The molecule has 9 nitrogen and oxygen atoms in total. The van der Waals surface area contributed by atoms with Gasteiger partial charge in [0.2, 0.25) is 0 Å². The van der Waals surface area contributed by atoms with Crippen molar-refractivity contribution in [3.05, 3.63) is 81.5 Å². The van der Waals surface area contributed by atoms with Crippen molar-refractivity contribution >= 4 is 17.3 Å². The van der Waals surface area contributed by atoms with Gasteiger partial charge in [-0.1, -0.05) is 23.9 Å². The lowest BCUT2D eigenvalue weighted by atomic mass is 9.91. The summed E-state index contributed by atoms with van der Waals surface area (Å²) in [5.41, 5.74) is 3.65. The Morgan fingerprint density at radius 3 is 2.62 bits per heavy atom. The summed E-state index contributed by atoms with van der Waals surface area (Å²) in [6.45, 7) is 1.71. The van der Waals surface area contributed by atoms with E-state index in [4.69, 9.17) is 4.42 Å². The molecule has 0 radical (unpaired) electrons. The number of carbonyl (C=O) groups excluding carboxylic acids is 1. The third-order valence-corrected chi connectivity index (χ3v) is 5.96. The zero-order valence-corrected chi connectivity index (χ0v) is 18.3. The van der Waals surface area contributed by atoms with E-state index in [1.54, 1.807) is 13.0 Å². The summed E-state index contributed by atoms with van der Waals surface area (Å²) in [4.78, 5) is 24.0. The van der Waals surface area contributed by atoms with Crippen LogP contribution in [0.2, 0.25) is 0 Å². The van der Waals surface area contributed by atoms with Crippen LogP contribution in [-0.2, 0) is 12.8 Å². The fourth-order valence-corrected chi connectivity index (χ4v) is 4.19. The van der Waals surface area contributed by atoms with Crippen LogP contribution >= 0.6 is 0 Å². The Balaban J connectivity index is 1.47. The predicted molar refractivity (Wildman–Crippen MR) is 120 cm³/mol. The third-order valence-electron chi connectivity index (χ3n) is 5.96. The molecule has 0 fully saturated rings. The molecule has 2 heterocycles. The van der Waals surface area contributed by atoms with Gasteiger partial charge in [-0.2, -0.15) is 5.11 Å². The maximum atomic E-state index is 13.0. The first kappa shape index (κ1) is 21.4. The quantitative estimate of drug-likeness (QED) is 0.458. The van der Waals surface area contributed by atoms with Crippen molar-refractivity contribution in [2.24, 2.45) is 10.2 Å². The molecule has 0 spiro atoms. The van der Waals surface area contributed by atoms with Crippen molar-refractivity contribution in [3.8, 4) is 22.8 Å². The Morgan fingerprint density at radius 2 is 1.85 bits per heavy atom. The van der Waals surface area contributed by atoms with Crippen molar-refractivity contribution in [1.82, 2.24) is 9.78 Å². The summed E-state index contributed by atoms with van der Waals surface area (Å²) in [6, 6.07) is 13.1. The fourth-order valence-electron chi connectivity index (χ4n) is 4.19. The van der Waals surface area contributed by atoms with Crippen LogP contribution in [0.25, 0.3) is 17.0 Å². The van der Waals surface area contributed by atoms with Gasteiger partial charge in [-0.15, -0.1) is 5.11 Å². The van der Waals surface area contributed by atoms with Gasteiger partial charge in [-0.05, 0) is 74.1 Å². The van der Waals surface area contributed by atoms with Gasteiger partial charge in [0, 0.05) is 5.56 Å². The van der Waals surface area contributed by atoms with Crippen LogP contribution in [0.4, 0.5) is 11.4 Å².